The predicted octanol–water partition coefficient (Wildman–Crippen LogP) is 9.25. The van der Waals surface area contributed by atoms with Crippen molar-refractivity contribution in [1.82, 2.24) is 5.43 Å². The molecular weight excluding hydrogens is 688 g/mol. The zero-order chi connectivity index (χ0) is 38.9. The minimum Gasteiger partial charge on any atom is -0.444 e. The van der Waals surface area contributed by atoms with Crippen molar-refractivity contribution in [3.05, 3.63) is 124 Å². The number of carbonyl (C=O) groups is 4. The second-order valence-electron chi connectivity index (χ2n) is 14.9. The fourth-order valence-corrected chi connectivity index (χ4v) is 5.73. The Hall–Kier alpha value is -6.04. The molecule has 0 aliphatic heterocycles. The number of nitrogens with zero attached hydrogens (tertiary/aromatic N) is 1. The molecular formula is C42H48N4O8. The second-order valence-corrected chi connectivity index (χ2v) is 14.9. The normalized spacial score (nSPS) is 12.4. The highest BCUT2D eigenvalue weighted by Gasteiger charge is 2.27. The van der Waals surface area contributed by atoms with Crippen LogP contribution in [0.25, 0.3) is 0 Å². The van der Waals surface area contributed by atoms with Crippen LogP contribution in [-0.2, 0) is 57.8 Å². The Labute approximate surface area is 316 Å². The van der Waals surface area contributed by atoms with Gasteiger partial charge in [-0.2, -0.15) is 5.01 Å². The van der Waals surface area contributed by atoms with Gasteiger partial charge in [-0.1, -0.05) is 72.8 Å². The zero-order valence-electron chi connectivity index (χ0n) is 31.6. The lowest BCUT2D eigenvalue weighted by molar-refractivity contribution is 0.0624. The van der Waals surface area contributed by atoms with Crippen molar-refractivity contribution in [1.29, 1.82) is 0 Å². The van der Waals surface area contributed by atoms with Crippen LogP contribution < -0.4 is 21.1 Å². The highest BCUT2D eigenvalue weighted by molar-refractivity contribution is 5.93. The van der Waals surface area contributed by atoms with E-state index < -0.39 is 35.6 Å². The molecule has 8 rings (SSSR count). The summed E-state index contributed by atoms with van der Waals surface area (Å²) in [6, 6.07) is 27.8. The number of benzene rings is 4. The SMILES string of the molecule is CC(C)(C)OC(=O)Nc1cc2c(N(NC(=O)OCc3ccccc3)C(=O)OCc3ccccc3)cc1CCc1ccc(c(NC(=O)OC(C)(C)C)c1)CC2. The third-order valence-electron chi connectivity index (χ3n) is 8.14. The number of amides is 4. The summed E-state index contributed by atoms with van der Waals surface area (Å²) >= 11 is 0. The average molecular weight is 737 g/mol. The van der Waals surface area contributed by atoms with Gasteiger partial charge >= 0.3 is 24.4 Å². The maximum atomic E-state index is 14.0. The van der Waals surface area contributed by atoms with Crippen molar-refractivity contribution >= 4 is 41.4 Å². The first-order valence-electron chi connectivity index (χ1n) is 17.9. The third-order valence-corrected chi connectivity index (χ3v) is 8.14. The van der Waals surface area contributed by atoms with E-state index in [1.165, 1.54) is 0 Å². The molecule has 12 heteroatoms. The van der Waals surface area contributed by atoms with Crippen molar-refractivity contribution in [2.75, 3.05) is 15.6 Å². The third kappa shape index (κ3) is 11.7. The van der Waals surface area contributed by atoms with Gasteiger partial charge in [0.15, 0.2) is 0 Å². The predicted molar refractivity (Wildman–Crippen MR) is 206 cm³/mol. The Morgan fingerprint density at radius 3 is 1.67 bits per heavy atom. The van der Waals surface area contributed by atoms with Crippen LogP contribution in [0.3, 0.4) is 0 Å². The maximum Gasteiger partial charge on any atom is 0.433 e. The van der Waals surface area contributed by atoms with E-state index in [0.29, 0.717) is 53.9 Å². The first-order chi connectivity index (χ1) is 25.6. The van der Waals surface area contributed by atoms with Crippen molar-refractivity contribution in [2.45, 2.75) is 91.6 Å². The minimum absolute atomic E-state index is 0.0283. The standard InChI is InChI=1S/C42H48N4O8/c1-41(2,3)53-37(47)43-34-23-28-17-19-31(34)21-22-33-24-35(44-38(48)54-42(4,5)6)32(20-18-28)25-36(33)46(40(50)52-27-30-15-11-8-12-16-30)45-39(49)51-26-29-13-9-7-10-14-29/h7-17,19,23-25H,18,20-22,26-27H2,1-6H3,(H,43,47)(H,44,48)(H,45,49). The number of anilines is 3. The number of hydrazine groups is 1. The number of aryl methyl sites for hydroxylation is 4. The molecule has 0 heterocycles. The van der Waals surface area contributed by atoms with Crippen molar-refractivity contribution < 1.29 is 38.1 Å². The minimum atomic E-state index is -0.876. The monoisotopic (exact) mass is 736 g/mol. The van der Waals surface area contributed by atoms with Gasteiger partial charge in [-0.25, -0.2) is 24.6 Å². The number of rotatable bonds is 7. The molecule has 4 amide bonds. The summed E-state index contributed by atoms with van der Waals surface area (Å²) in [5.41, 5.74) is 7.10. The molecule has 0 fully saturated rings. The zero-order valence-corrected chi connectivity index (χ0v) is 31.6. The molecule has 284 valence electrons. The highest BCUT2D eigenvalue weighted by Crippen LogP contribution is 2.33. The Kier molecular flexibility index (Phi) is 12.5. The number of hydrogen-bond acceptors (Lipinski definition) is 8. The second kappa shape index (κ2) is 17.2. The van der Waals surface area contributed by atoms with Crippen LogP contribution in [0.15, 0.2) is 91.0 Å². The lowest BCUT2D eigenvalue weighted by Gasteiger charge is -2.27. The summed E-state index contributed by atoms with van der Waals surface area (Å²) in [6.45, 7) is 10.6. The molecule has 0 saturated carbocycles. The average Bonchev–Trinajstić information content (AvgIpc) is 3.09. The summed E-state index contributed by atoms with van der Waals surface area (Å²) in [5.74, 6) is 0. The topological polar surface area (TPSA) is 145 Å². The first kappa shape index (κ1) is 39.2. The van der Waals surface area contributed by atoms with E-state index in [9.17, 15) is 19.2 Å². The molecule has 4 aromatic carbocycles. The Balaban J connectivity index is 1.53. The molecule has 12 nitrogen and oxygen atoms in total. The van der Waals surface area contributed by atoms with Crippen molar-refractivity contribution in [3.8, 4) is 0 Å². The van der Waals surface area contributed by atoms with Crippen LogP contribution >= 0.6 is 0 Å². The molecule has 0 atom stereocenters. The van der Waals surface area contributed by atoms with Gasteiger partial charge in [0.2, 0.25) is 0 Å². The van der Waals surface area contributed by atoms with Gasteiger partial charge in [-0.15, -0.1) is 0 Å². The van der Waals surface area contributed by atoms with Crippen LogP contribution in [0.5, 0.6) is 0 Å². The Morgan fingerprint density at radius 2 is 1.09 bits per heavy atom. The molecule has 0 radical (unpaired) electrons. The van der Waals surface area contributed by atoms with Crippen LogP contribution in [0, 0.1) is 0 Å². The van der Waals surface area contributed by atoms with Crippen LogP contribution in [0.1, 0.15) is 74.9 Å². The summed E-state index contributed by atoms with van der Waals surface area (Å²) < 4.78 is 22.4. The van der Waals surface area contributed by atoms with Gasteiger partial charge in [0.1, 0.15) is 24.4 Å². The van der Waals surface area contributed by atoms with Crippen molar-refractivity contribution in [2.24, 2.45) is 0 Å². The Morgan fingerprint density at radius 1 is 0.574 bits per heavy atom. The van der Waals surface area contributed by atoms with Gasteiger partial charge in [-0.05, 0) is 119 Å². The van der Waals surface area contributed by atoms with Gasteiger partial charge in [-0.3, -0.25) is 10.6 Å². The maximum absolute atomic E-state index is 14.0. The van der Waals surface area contributed by atoms with Gasteiger partial charge in [0, 0.05) is 11.4 Å². The lowest BCUT2D eigenvalue weighted by atomic mass is 9.93. The fourth-order valence-electron chi connectivity index (χ4n) is 5.73. The summed E-state index contributed by atoms with van der Waals surface area (Å²) in [7, 11) is 0. The molecule has 4 aromatic rings. The van der Waals surface area contributed by atoms with E-state index in [4.69, 9.17) is 18.9 Å². The van der Waals surface area contributed by atoms with E-state index >= 15 is 0 Å². The molecule has 4 bridgehead atoms. The molecule has 0 aromatic heterocycles. The first-order valence-corrected chi connectivity index (χ1v) is 17.9. The molecule has 0 saturated heterocycles. The highest BCUT2D eigenvalue weighted by atomic mass is 16.6. The molecule has 0 spiro atoms. The smallest absolute Gasteiger partial charge is 0.433 e. The number of nitrogens with one attached hydrogen (secondary N) is 3. The molecule has 0 unspecified atom stereocenters. The quantitative estimate of drug-likeness (QED) is 0.126. The molecule has 4 aliphatic rings. The number of hydrogen-bond donors (Lipinski definition) is 3. The van der Waals surface area contributed by atoms with Gasteiger partial charge in [0.05, 0.1) is 5.69 Å². The molecule has 54 heavy (non-hydrogen) atoms. The summed E-state index contributed by atoms with van der Waals surface area (Å²) in [6.07, 6.45) is -1.34. The summed E-state index contributed by atoms with van der Waals surface area (Å²) in [5, 5.41) is 6.85. The molecule has 3 N–H and O–H groups in total. The lowest BCUT2D eigenvalue weighted by Crippen LogP contribution is -2.47. The van der Waals surface area contributed by atoms with Crippen molar-refractivity contribution in [3.63, 3.8) is 0 Å². The largest absolute Gasteiger partial charge is 0.444 e. The van der Waals surface area contributed by atoms with E-state index in [0.717, 1.165) is 27.3 Å². The van der Waals surface area contributed by atoms with E-state index in [1.54, 1.807) is 53.7 Å². The number of carbonyl (C=O) groups excluding carboxylic acids is 4. The van der Waals surface area contributed by atoms with Crippen LogP contribution in [-0.4, -0.2) is 35.6 Å². The van der Waals surface area contributed by atoms with E-state index in [-0.39, 0.29) is 13.2 Å². The van der Waals surface area contributed by atoms with Crippen LogP contribution in [0.2, 0.25) is 0 Å². The van der Waals surface area contributed by atoms with Gasteiger partial charge in [0.25, 0.3) is 0 Å². The molecule has 4 aliphatic carbocycles. The number of ether oxygens (including phenoxy) is 4. The fraction of sp³-hybridized carbons (Fsp3) is 0.333. The van der Waals surface area contributed by atoms with E-state index in [2.05, 4.69) is 16.1 Å². The summed E-state index contributed by atoms with van der Waals surface area (Å²) in [4.78, 5) is 53.2. The Bertz CT molecular complexity index is 1950. The van der Waals surface area contributed by atoms with E-state index in [1.807, 2.05) is 78.9 Å². The van der Waals surface area contributed by atoms with Gasteiger partial charge < -0.3 is 18.9 Å². The van der Waals surface area contributed by atoms with Crippen LogP contribution in [0.4, 0.5) is 36.2 Å².